The number of nitrogens with zero attached hydrogens (tertiary/aromatic N) is 1. The fourth-order valence-electron chi connectivity index (χ4n) is 2.88. The van der Waals surface area contributed by atoms with Crippen LogP contribution in [0.5, 0.6) is 5.75 Å². The molecule has 0 N–H and O–H groups in total. The van der Waals surface area contributed by atoms with Gasteiger partial charge >= 0.3 is 6.18 Å². The highest BCUT2D eigenvalue weighted by Crippen LogP contribution is 2.40. The van der Waals surface area contributed by atoms with Crippen molar-refractivity contribution in [2.75, 3.05) is 0 Å². The number of ether oxygens (including phenoxy) is 1. The largest absolute Gasteiger partial charge is 0.475 e. The highest BCUT2D eigenvalue weighted by atomic mass is 35.5. The Bertz CT molecular complexity index is 984. The Balaban J connectivity index is 1.96. The van der Waals surface area contributed by atoms with Crippen LogP contribution in [0.15, 0.2) is 42.0 Å². The van der Waals surface area contributed by atoms with Crippen LogP contribution < -0.4 is 4.74 Å². The number of hydrogen-bond acceptors (Lipinski definition) is 4. The summed E-state index contributed by atoms with van der Waals surface area (Å²) < 4.78 is 44.9. The Morgan fingerprint density at radius 2 is 1.89 bits per heavy atom. The molecule has 0 radical (unpaired) electrons. The molecule has 0 aromatic heterocycles. The van der Waals surface area contributed by atoms with Crippen LogP contribution in [0.4, 0.5) is 18.9 Å². The highest BCUT2D eigenvalue weighted by molar-refractivity contribution is 6.31. The molecule has 2 aromatic carbocycles. The topological polar surface area (TPSA) is 69.4 Å². The number of Topliss-reactive ketones (excluding diaryl/α,β-unsaturated/α-hetero) is 1. The molecule has 0 saturated carbocycles. The van der Waals surface area contributed by atoms with E-state index in [-0.39, 0.29) is 28.4 Å². The van der Waals surface area contributed by atoms with Gasteiger partial charge in [0.1, 0.15) is 5.75 Å². The first-order valence-electron chi connectivity index (χ1n) is 8.08. The van der Waals surface area contributed by atoms with Crippen molar-refractivity contribution in [1.29, 1.82) is 0 Å². The lowest BCUT2D eigenvalue weighted by Crippen LogP contribution is -2.39. The summed E-state index contributed by atoms with van der Waals surface area (Å²) >= 11 is 6.25. The minimum absolute atomic E-state index is 0.0337. The fraction of sp³-hybridized carbons (Fsp3) is 0.211. The molecule has 0 saturated heterocycles. The van der Waals surface area contributed by atoms with E-state index in [1.807, 2.05) is 0 Å². The molecule has 1 aliphatic heterocycles. The van der Waals surface area contributed by atoms with Gasteiger partial charge in [0.2, 0.25) is 6.10 Å². The van der Waals surface area contributed by atoms with Crippen LogP contribution in [0, 0.1) is 10.1 Å². The van der Waals surface area contributed by atoms with Crippen LogP contribution >= 0.6 is 11.6 Å². The third-order valence-corrected chi connectivity index (χ3v) is 4.61. The van der Waals surface area contributed by atoms with Crippen molar-refractivity contribution < 1.29 is 27.6 Å². The van der Waals surface area contributed by atoms with E-state index in [4.69, 9.17) is 16.3 Å². The molecule has 0 fully saturated rings. The molecule has 3 rings (SSSR count). The van der Waals surface area contributed by atoms with E-state index in [1.165, 1.54) is 24.3 Å². The second kappa shape index (κ2) is 7.27. The fourth-order valence-corrected chi connectivity index (χ4v) is 3.12. The second-order valence-electron chi connectivity index (χ2n) is 6.28. The zero-order valence-corrected chi connectivity index (χ0v) is 15.2. The zero-order chi connectivity index (χ0) is 20.6. The summed E-state index contributed by atoms with van der Waals surface area (Å²) in [5, 5.41) is 11.0. The van der Waals surface area contributed by atoms with E-state index in [9.17, 15) is 28.1 Å². The van der Waals surface area contributed by atoms with E-state index in [2.05, 4.69) is 0 Å². The number of non-ortho nitro benzene ring substituents is 1. The van der Waals surface area contributed by atoms with Gasteiger partial charge in [-0.2, -0.15) is 13.2 Å². The maximum Gasteiger partial charge on any atom is 0.429 e. The summed E-state index contributed by atoms with van der Waals surface area (Å²) in [5.41, 5.74) is 0.909. The minimum atomic E-state index is -4.74. The number of ketones is 1. The molecular formula is C19H13ClF3NO4. The molecule has 1 aliphatic rings. The lowest BCUT2D eigenvalue weighted by atomic mass is 9.96. The summed E-state index contributed by atoms with van der Waals surface area (Å²) in [4.78, 5) is 21.8. The number of alkyl halides is 3. The smallest absolute Gasteiger partial charge is 0.429 e. The SMILES string of the molecule is CC(=O)C1=Cc2cc(Cl)c(Cc3ccc([N+](=O)[O-])cc3)cc2OC1C(F)(F)F. The lowest BCUT2D eigenvalue weighted by Gasteiger charge is -2.28. The van der Waals surface area contributed by atoms with Gasteiger partial charge in [-0.3, -0.25) is 14.9 Å². The molecule has 0 bridgehead atoms. The van der Waals surface area contributed by atoms with E-state index >= 15 is 0 Å². The molecular weight excluding hydrogens is 399 g/mol. The van der Waals surface area contributed by atoms with Gasteiger partial charge in [0, 0.05) is 28.3 Å². The van der Waals surface area contributed by atoms with Crippen LogP contribution in [-0.2, 0) is 11.2 Å². The number of benzene rings is 2. The Labute approximate surface area is 162 Å². The standard InChI is InChI=1S/C19H13ClF3NO4/c1-10(25)15-7-13-8-16(20)12(9-17(13)28-18(15)19(21,22)23)6-11-2-4-14(5-3-11)24(26)27/h2-5,7-9,18H,6H2,1H3. The summed E-state index contributed by atoms with van der Waals surface area (Å²) in [6.07, 6.45) is -5.70. The number of hydrogen-bond donors (Lipinski definition) is 0. The summed E-state index contributed by atoms with van der Waals surface area (Å²) in [7, 11) is 0. The van der Waals surface area contributed by atoms with E-state index < -0.39 is 28.6 Å². The average Bonchev–Trinajstić information content (AvgIpc) is 2.61. The molecule has 0 aliphatic carbocycles. The van der Waals surface area contributed by atoms with Crippen LogP contribution in [0.2, 0.25) is 5.02 Å². The van der Waals surface area contributed by atoms with Gasteiger partial charge < -0.3 is 4.74 Å². The third kappa shape index (κ3) is 4.01. The van der Waals surface area contributed by atoms with Gasteiger partial charge in [0.15, 0.2) is 5.78 Å². The van der Waals surface area contributed by atoms with Crippen molar-refractivity contribution in [3.63, 3.8) is 0 Å². The number of nitro benzene ring substituents is 1. The average molecular weight is 412 g/mol. The van der Waals surface area contributed by atoms with Gasteiger partial charge in [-0.1, -0.05) is 23.7 Å². The number of rotatable bonds is 4. The molecule has 1 atom stereocenters. The van der Waals surface area contributed by atoms with Crippen molar-refractivity contribution in [1.82, 2.24) is 0 Å². The van der Waals surface area contributed by atoms with Crippen molar-refractivity contribution in [2.24, 2.45) is 0 Å². The normalized spacial score (nSPS) is 16.0. The van der Waals surface area contributed by atoms with Gasteiger partial charge in [-0.15, -0.1) is 0 Å². The first kappa shape index (κ1) is 19.9. The van der Waals surface area contributed by atoms with Crippen LogP contribution in [0.1, 0.15) is 23.6 Å². The molecule has 9 heteroatoms. The maximum absolute atomic E-state index is 13.3. The lowest BCUT2D eigenvalue weighted by molar-refractivity contribution is -0.384. The van der Waals surface area contributed by atoms with Crippen molar-refractivity contribution >= 4 is 29.1 Å². The number of carbonyl (C=O) groups is 1. The maximum atomic E-state index is 13.3. The van der Waals surface area contributed by atoms with E-state index in [0.717, 1.165) is 13.0 Å². The van der Waals surface area contributed by atoms with Crippen molar-refractivity contribution in [2.45, 2.75) is 25.6 Å². The Kier molecular flexibility index (Phi) is 5.16. The number of carbonyl (C=O) groups excluding carboxylic acids is 1. The molecule has 1 unspecified atom stereocenters. The molecule has 5 nitrogen and oxygen atoms in total. The molecule has 0 amide bonds. The van der Waals surface area contributed by atoms with Gasteiger partial charge in [0.25, 0.3) is 5.69 Å². The van der Waals surface area contributed by atoms with E-state index in [1.54, 1.807) is 12.1 Å². The Morgan fingerprint density at radius 3 is 2.43 bits per heavy atom. The molecule has 146 valence electrons. The monoisotopic (exact) mass is 411 g/mol. The third-order valence-electron chi connectivity index (χ3n) is 4.26. The van der Waals surface area contributed by atoms with E-state index in [0.29, 0.717) is 11.1 Å². The van der Waals surface area contributed by atoms with Crippen LogP contribution in [-0.4, -0.2) is 23.0 Å². The van der Waals surface area contributed by atoms with Crippen molar-refractivity contribution in [3.05, 3.63) is 73.8 Å². The first-order valence-corrected chi connectivity index (χ1v) is 8.45. The Hall–Kier alpha value is -2.87. The predicted octanol–water partition coefficient (Wildman–Crippen LogP) is 5.13. The van der Waals surface area contributed by atoms with Gasteiger partial charge in [0.05, 0.1) is 4.92 Å². The summed E-state index contributed by atoms with van der Waals surface area (Å²) in [6, 6.07) is 8.58. The summed E-state index contributed by atoms with van der Waals surface area (Å²) in [6.45, 7) is 1.05. The molecule has 0 spiro atoms. The quantitative estimate of drug-likeness (QED) is 0.516. The summed E-state index contributed by atoms with van der Waals surface area (Å²) in [5.74, 6) is -0.771. The first-order chi connectivity index (χ1) is 13.1. The highest BCUT2D eigenvalue weighted by Gasteiger charge is 2.47. The molecule has 28 heavy (non-hydrogen) atoms. The van der Waals surface area contributed by atoms with Crippen molar-refractivity contribution in [3.8, 4) is 5.75 Å². The predicted molar refractivity (Wildman–Crippen MR) is 96.5 cm³/mol. The van der Waals surface area contributed by atoms with Crippen LogP contribution in [0.25, 0.3) is 6.08 Å². The Morgan fingerprint density at radius 1 is 1.25 bits per heavy atom. The minimum Gasteiger partial charge on any atom is -0.475 e. The molecule has 1 heterocycles. The number of fused-ring (bicyclic) bond motifs is 1. The number of nitro groups is 1. The van der Waals surface area contributed by atoms with Gasteiger partial charge in [-0.25, -0.2) is 0 Å². The van der Waals surface area contributed by atoms with Crippen LogP contribution in [0.3, 0.4) is 0 Å². The van der Waals surface area contributed by atoms with Gasteiger partial charge in [-0.05, 0) is 42.7 Å². The molecule has 2 aromatic rings. The number of halogens is 4. The second-order valence-corrected chi connectivity index (χ2v) is 6.68. The zero-order valence-electron chi connectivity index (χ0n) is 14.4.